The fourth-order valence-electron chi connectivity index (χ4n) is 3.01. The van der Waals surface area contributed by atoms with Gasteiger partial charge < -0.3 is 4.42 Å². The van der Waals surface area contributed by atoms with E-state index in [-0.39, 0.29) is 0 Å². The van der Waals surface area contributed by atoms with E-state index in [1.165, 1.54) is 11.1 Å². The topological polar surface area (TPSA) is 37.9 Å². The van der Waals surface area contributed by atoms with E-state index in [4.69, 9.17) is 4.42 Å². The van der Waals surface area contributed by atoms with Crippen LogP contribution in [0.5, 0.6) is 0 Å². The zero-order valence-electron chi connectivity index (χ0n) is 16.1. The summed E-state index contributed by atoms with van der Waals surface area (Å²) in [5.74, 6) is 1.45. The van der Waals surface area contributed by atoms with E-state index in [9.17, 15) is 0 Å². The first-order valence-electron chi connectivity index (χ1n) is 9.64. The zero-order chi connectivity index (χ0) is 18.9. The van der Waals surface area contributed by atoms with Crippen LogP contribution in [0.25, 0.3) is 0 Å². The van der Waals surface area contributed by atoms with E-state index in [0.717, 1.165) is 48.6 Å². The van der Waals surface area contributed by atoms with Crippen molar-refractivity contribution in [3.63, 3.8) is 0 Å². The molecule has 3 nitrogen and oxygen atoms in total. The maximum Gasteiger partial charge on any atom is 0.145 e. The summed E-state index contributed by atoms with van der Waals surface area (Å²) in [6, 6.07) is 20.3. The molecule has 3 heteroatoms. The highest BCUT2D eigenvalue weighted by Gasteiger charge is 2.02. The molecular formula is C24H26N2O. The fourth-order valence-corrected chi connectivity index (χ4v) is 3.01. The highest BCUT2D eigenvalue weighted by atomic mass is 16.3. The quantitative estimate of drug-likeness (QED) is 0.414. The van der Waals surface area contributed by atoms with Crippen molar-refractivity contribution in [2.75, 3.05) is 0 Å². The summed E-state index contributed by atoms with van der Waals surface area (Å²) < 4.78 is 5.83. The molecule has 0 unspecified atom stereocenters. The van der Waals surface area contributed by atoms with Gasteiger partial charge in [-0.15, -0.1) is 0 Å². The van der Waals surface area contributed by atoms with Crippen LogP contribution in [0.15, 0.2) is 75.1 Å². The van der Waals surface area contributed by atoms with Crippen LogP contribution < -0.4 is 0 Å². The molecule has 0 aliphatic rings. The van der Waals surface area contributed by atoms with E-state index in [1.54, 1.807) is 12.4 Å². The van der Waals surface area contributed by atoms with E-state index >= 15 is 0 Å². The Kier molecular flexibility index (Phi) is 6.75. The second-order valence-electron chi connectivity index (χ2n) is 6.51. The van der Waals surface area contributed by atoms with E-state index in [0.29, 0.717) is 0 Å². The molecule has 0 saturated carbocycles. The Hall–Kier alpha value is -2.94. The van der Waals surface area contributed by atoms with Gasteiger partial charge in [-0.3, -0.25) is 9.98 Å². The number of hydrogen-bond donors (Lipinski definition) is 0. The molecule has 138 valence electrons. The molecule has 0 N–H and O–H groups in total. The summed E-state index contributed by atoms with van der Waals surface area (Å²) in [5.41, 5.74) is 4.52. The first-order chi connectivity index (χ1) is 13.3. The Balaban J connectivity index is 1.72. The van der Waals surface area contributed by atoms with Crippen LogP contribution in [-0.4, -0.2) is 12.4 Å². The molecule has 0 fully saturated rings. The molecule has 0 radical (unpaired) electrons. The Bertz CT molecular complexity index is 847. The van der Waals surface area contributed by atoms with Crippen molar-refractivity contribution in [1.82, 2.24) is 0 Å². The smallest absolute Gasteiger partial charge is 0.145 e. The molecule has 0 bridgehead atoms. The molecule has 1 aromatic heterocycles. The van der Waals surface area contributed by atoms with Gasteiger partial charge in [-0.2, -0.15) is 0 Å². The maximum atomic E-state index is 5.83. The lowest BCUT2D eigenvalue weighted by Gasteiger charge is -2.02. The fraction of sp³-hybridized carbons (Fsp3) is 0.250. The van der Waals surface area contributed by atoms with Gasteiger partial charge in [0.05, 0.1) is 23.8 Å². The highest BCUT2D eigenvalue weighted by molar-refractivity contribution is 5.83. The van der Waals surface area contributed by atoms with Gasteiger partial charge >= 0.3 is 0 Å². The molecule has 0 aliphatic carbocycles. The van der Waals surface area contributed by atoms with Crippen molar-refractivity contribution >= 4 is 23.8 Å². The van der Waals surface area contributed by atoms with Gasteiger partial charge in [0.25, 0.3) is 0 Å². The molecule has 0 saturated heterocycles. The van der Waals surface area contributed by atoms with Gasteiger partial charge in [-0.25, -0.2) is 0 Å². The monoisotopic (exact) mass is 358 g/mol. The summed E-state index contributed by atoms with van der Waals surface area (Å²) in [6.07, 6.45) is 7.82. The highest BCUT2D eigenvalue weighted by Crippen LogP contribution is 2.21. The predicted molar refractivity (Wildman–Crippen MR) is 114 cm³/mol. The lowest BCUT2D eigenvalue weighted by atomic mass is 10.1. The van der Waals surface area contributed by atoms with Crippen molar-refractivity contribution < 1.29 is 4.42 Å². The molecular weight excluding hydrogens is 332 g/mol. The van der Waals surface area contributed by atoms with E-state index < -0.39 is 0 Å². The van der Waals surface area contributed by atoms with Crippen molar-refractivity contribution in [2.24, 2.45) is 9.98 Å². The molecule has 1 heterocycles. The van der Waals surface area contributed by atoms with Gasteiger partial charge in [-0.1, -0.05) is 63.1 Å². The third kappa shape index (κ3) is 5.27. The van der Waals surface area contributed by atoms with Gasteiger partial charge in [0.2, 0.25) is 0 Å². The summed E-state index contributed by atoms with van der Waals surface area (Å²) in [5, 5.41) is 0. The standard InChI is InChI=1S/C24H26N2O/c1-3-9-19-11-5-7-13-23(19)25-17-21-15-16-22(27-21)18-26-24-14-8-6-12-20(24)10-4-2/h5-8,11-18H,3-4,9-10H2,1-2H3. The average molecular weight is 358 g/mol. The van der Waals surface area contributed by atoms with Crippen molar-refractivity contribution in [1.29, 1.82) is 0 Å². The van der Waals surface area contributed by atoms with Gasteiger partial charge in [-0.05, 0) is 48.2 Å². The molecule has 0 spiro atoms. The Morgan fingerprint density at radius 1 is 0.667 bits per heavy atom. The number of hydrogen-bond acceptors (Lipinski definition) is 3. The molecule has 3 aromatic rings. The minimum absolute atomic E-state index is 0.726. The Morgan fingerprint density at radius 2 is 1.11 bits per heavy atom. The number of aryl methyl sites for hydroxylation is 2. The second-order valence-corrected chi connectivity index (χ2v) is 6.51. The molecule has 2 aromatic carbocycles. The minimum Gasteiger partial charge on any atom is -0.454 e. The number of aliphatic imine (C=N–C) groups is 2. The van der Waals surface area contributed by atoms with Crippen molar-refractivity contribution in [3.8, 4) is 0 Å². The number of rotatable bonds is 8. The normalized spacial score (nSPS) is 11.6. The Labute approximate surface area is 161 Å². The molecule has 0 aliphatic heterocycles. The lowest BCUT2D eigenvalue weighted by Crippen LogP contribution is -1.85. The summed E-state index contributed by atoms with van der Waals surface area (Å²) >= 11 is 0. The van der Waals surface area contributed by atoms with E-state index in [2.05, 4.69) is 48.1 Å². The van der Waals surface area contributed by atoms with Gasteiger partial charge in [0.1, 0.15) is 11.5 Å². The summed E-state index contributed by atoms with van der Waals surface area (Å²) in [7, 11) is 0. The Morgan fingerprint density at radius 3 is 1.56 bits per heavy atom. The molecule has 0 amide bonds. The van der Waals surface area contributed by atoms with Crippen LogP contribution in [0.2, 0.25) is 0 Å². The minimum atomic E-state index is 0.726. The first-order valence-corrected chi connectivity index (χ1v) is 9.64. The van der Waals surface area contributed by atoms with Crippen LogP contribution in [0.3, 0.4) is 0 Å². The van der Waals surface area contributed by atoms with Crippen molar-refractivity contribution in [3.05, 3.63) is 83.3 Å². The molecule has 0 atom stereocenters. The summed E-state index contributed by atoms with van der Waals surface area (Å²) in [4.78, 5) is 9.20. The second kappa shape index (κ2) is 9.67. The predicted octanol–water partition coefficient (Wildman–Crippen LogP) is 6.69. The maximum absolute atomic E-state index is 5.83. The van der Waals surface area contributed by atoms with Crippen LogP contribution in [0.4, 0.5) is 11.4 Å². The number of benzene rings is 2. The summed E-state index contributed by atoms with van der Waals surface area (Å²) in [6.45, 7) is 4.36. The van der Waals surface area contributed by atoms with Gasteiger partial charge in [0.15, 0.2) is 0 Å². The van der Waals surface area contributed by atoms with Gasteiger partial charge in [0, 0.05) is 0 Å². The van der Waals surface area contributed by atoms with Crippen LogP contribution in [0.1, 0.15) is 49.3 Å². The number of nitrogens with zero attached hydrogens (tertiary/aromatic N) is 2. The lowest BCUT2D eigenvalue weighted by molar-refractivity contribution is 0.553. The first kappa shape index (κ1) is 18.8. The van der Waals surface area contributed by atoms with Crippen LogP contribution in [0, 0.1) is 0 Å². The zero-order valence-corrected chi connectivity index (χ0v) is 16.1. The number of furan rings is 1. The van der Waals surface area contributed by atoms with Crippen LogP contribution in [-0.2, 0) is 12.8 Å². The molecule has 3 rings (SSSR count). The van der Waals surface area contributed by atoms with Crippen LogP contribution >= 0.6 is 0 Å². The number of para-hydroxylation sites is 2. The average Bonchev–Trinajstić information content (AvgIpc) is 3.15. The molecule has 27 heavy (non-hydrogen) atoms. The van der Waals surface area contributed by atoms with Crippen molar-refractivity contribution in [2.45, 2.75) is 39.5 Å². The third-order valence-electron chi connectivity index (χ3n) is 4.33. The SMILES string of the molecule is CCCc1ccccc1N=Cc1ccc(C=Nc2ccccc2CCC)o1. The largest absolute Gasteiger partial charge is 0.454 e. The third-order valence-corrected chi connectivity index (χ3v) is 4.33. The van der Waals surface area contributed by atoms with E-state index in [1.807, 2.05) is 36.4 Å².